The third kappa shape index (κ3) is 17.7. The van der Waals surface area contributed by atoms with Crippen LogP contribution in [0.25, 0.3) is 0 Å². The van der Waals surface area contributed by atoms with E-state index in [0.717, 1.165) is 12.8 Å². The molecule has 0 saturated heterocycles. The van der Waals surface area contributed by atoms with Gasteiger partial charge >= 0.3 is 0 Å². The van der Waals surface area contributed by atoms with Gasteiger partial charge in [0.1, 0.15) is 0 Å². The summed E-state index contributed by atoms with van der Waals surface area (Å²) < 4.78 is 0. The van der Waals surface area contributed by atoms with Crippen LogP contribution in [0.5, 0.6) is 0 Å². The fourth-order valence-electron chi connectivity index (χ4n) is 2.63. The third-order valence-corrected chi connectivity index (χ3v) is 4.01. The first kappa shape index (κ1) is 19.7. The van der Waals surface area contributed by atoms with Gasteiger partial charge in [-0.3, -0.25) is 0 Å². The van der Waals surface area contributed by atoms with Crippen LogP contribution in [-0.2, 0) is 0 Å². The molecule has 0 atom stereocenters. The van der Waals surface area contributed by atoms with Crippen molar-refractivity contribution >= 4 is 0 Å². The SMILES string of the molecule is [CH2]CC/C=C/CCCCCCCCCCCCCCC. The molecule has 0 bridgehead atoms. The summed E-state index contributed by atoms with van der Waals surface area (Å²) in [5.41, 5.74) is 0. The van der Waals surface area contributed by atoms with Gasteiger partial charge in [0.05, 0.1) is 0 Å². The van der Waals surface area contributed by atoms with Crippen LogP contribution >= 0.6 is 0 Å². The lowest BCUT2D eigenvalue weighted by Gasteiger charge is -2.02. The molecule has 0 saturated carbocycles. The predicted octanol–water partition coefficient (Wildman–Crippen LogP) is 7.64. The Morgan fingerprint density at radius 1 is 0.550 bits per heavy atom. The highest BCUT2D eigenvalue weighted by Gasteiger charge is 1.93. The highest BCUT2D eigenvalue weighted by molar-refractivity contribution is 4.81. The minimum absolute atomic E-state index is 1.04. The van der Waals surface area contributed by atoms with E-state index in [-0.39, 0.29) is 0 Å². The van der Waals surface area contributed by atoms with Gasteiger partial charge in [-0.05, 0) is 25.7 Å². The first-order chi connectivity index (χ1) is 9.91. The summed E-state index contributed by atoms with van der Waals surface area (Å²) in [6, 6.07) is 0. The van der Waals surface area contributed by atoms with Gasteiger partial charge in [0, 0.05) is 0 Å². The molecule has 0 unspecified atom stereocenters. The molecule has 20 heavy (non-hydrogen) atoms. The zero-order valence-electron chi connectivity index (χ0n) is 14.2. The molecule has 0 heterocycles. The fraction of sp³-hybridized carbons (Fsp3) is 0.850. The second-order valence-corrected chi connectivity index (χ2v) is 6.14. The number of hydrogen-bond donors (Lipinski definition) is 0. The van der Waals surface area contributed by atoms with Crippen LogP contribution in [-0.4, -0.2) is 0 Å². The number of allylic oxidation sites excluding steroid dienone is 2. The highest BCUT2D eigenvalue weighted by Crippen LogP contribution is 2.13. The second kappa shape index (κ2) is 18.7. The van der Waals surface area contributed by atoms with E-state index in [1.807, 2.05) is 0 Å². The van der Waals surface area contributed by atoms with Gasteiger partial charge in [-0.15, -0.1) is 0 Å². The van der Waals surface area contributed by atoms with Crippen molar-refractivity contribution in [3.05, 3.63) is 19.1 Å². The normalized spacial score (nSPS) is 11.5. The Labute approximate surface area is 129 Å². The highest BCUT2D eigenvalue weighted by atomic mass is 14.0. The molecule has 0 amide bonds. The lowest BCUT2D eigenvalue weighted by Crippen LogP contribution is -1.82. The first-order valence-corrected chi connectivity index (χ1v) is 9.36. The lowest BCUT2D eigenvalue weighted by atomic mass is 10.0. The van der Waals surface area contributed by atoms with Gasteiger partial charge < -0.3 is 0 Å². The topological polar surface area (TPSA) is 0 Å². The quantitative estimate of drug-likeness (QED) is 0.201. The Balaban J connectivity index is 2.96. The Morgan fingerprint density at radius 3 is 1.40 bits per heavy atom. The van der Waals surface area contributed by atoms with Crippen molar-refractivity contribution < 1.29 is 0 Å². The molecule has 0 aromatic heterocycles. The Morgan fingerprint density at radius 2 is 0.950 bits per heavy atom. The number of rotatable bonds is 16. The molecular weight excluding hydrogens is 240 g/mol. The number of hydrogen-bond acceptors (Lipinski definition) is 0. The summed E-state index contributed by atoms with van der Waals surface area (Å²) in [6.07, 6.45) is 26.9. The summed E-state index contributed by atoms with van der Waals surface area (Å²) in [7, 11) is 0. The average Bonchev–Trinajstić information content (AvgIpc) is 2.47. The molecule has 0 spiro atoms. The van der Waals surface area contributed by atoms with Crippen molar-refractivity contribution in [1.29, 1.82) is 0 Å². The largest absolute Gasteiger partial charge is 0.0885 e. The van der Waals surface area contributed by atoms with Gasteiger partial charge in [-0.25, -0.2) is 0 Å². The fourth-order valence-corrected chi connectivity index (χ4v) is 2.63. The van der Waals surface area contributed by atoms with Gasteiger partial charge in [0.15, 0.2) is 0 Å². The van der Waals surface area contributed by atoms with Crippen molar-refractivity contribution in [2.45, 2.75) is 110 Å². The molecule has 119 valence electrons. The monoisotopic (exact) mass is 279 g/mol. The lowest BCUT2D eigenvalue weighted by molar-refractivity contribution is 0.540. The Hall–Kier alpha value is -0.260. The summed E-state index contributed by atoms with van der Waals surface area (Å²) in [4.78, 5) is 0. The molecular formula is C20H39. The van der Waals surface area contributed by atoms with Gasteiger partial charge in [0.25, 0.3) is 0 Å². The van der Waals surface area contributed by atoms with Crippen LogP contribution in [0.4, 0.5) is 0 Å². The van der Waals surface area contributed by atoms with E-state index < -0.39 is 0 Å². The molecule has 0 fully saturated rings. The molecule has 0 N–H and O–H groups in total. The smallest absolute Gasteiger partial charge is 0.0351 e. The average molecular weight is 280 g/mol. The molecule has 0 aliphatic rings. The summed E-state index contributed by atoms with van der Waals surface area (Å²) in [5, 5.41) is 0. The van der Waals surface area contributed by atoms with Gasteiger partial charge in [0.2, 0.25) is 0 Å². The first-order valence-electron chi connectivity index (χ1n) is 9.36. The van der Waals surface area contributed by atoms with Crippen LogP contribution in [0.15, 0.2) is 12.2 Å². The number of unbranched alkanes of at least 4 members (excludes halogenated alkanes) is 14. The van der Waals surface area contributed by atoms with E-state index in [0.29, 0.717) is 0 Å². The minimum Gasteiger partial charge on any atom is -0.0885 e. The van der Waals surface area contributed by atoms with E-state index in [1.54, 1.807) is 0 Å². The Kier molecular flexibility index (Phi) is 18.5. The second-order valence-electron chi connectivity index (χ2n) is 6.14. The van der Waals surface area contributed by atoms with Crippen molar-refractivity contribution in [2.24, 2.45) is 0 Å². The van der Waals surface area contributed by atoms with E-state index in [9.17, 15) is 0 Å². The molecule has 0 aliphatic heterocycles. The van der Waals surface area contributed by atoms with Crippen LogP contribution in [0.2, 0.25) is 0 Å². The van der Waals surface area contributed by atoms with Crippen LogP contribution in [0.3, 0.4) is 0 Å². The standard InChI is InChI=1S/C20H39/c1-3-5-7-9-11-13-15-17-19-20-18-16-14-12-10-8-6-4-2/h7,9H,1,3-6,8,10-20H2,2H3/b9-7+. The summed E-state index contributed by atoms with van der Waals surface area (Å²) in [5.74, 6) is 0. The zero-order valence-corrected chi connectivity index (χ0v) is 14.2. The molecule has 0 heteroatoms. The van der Waals surface area contributed by atoms with E-state index in [4.69, 9.17) is 0 Å². The van der Waals surface area contributed by atoms with E-state index >= 15 is 0 Å². The molecule has 1 radical (unpaired) electrons. The van der Waals surface area contributed by atoms with Crippen molar-refractivity contribution in [3.8, 4) is 0 Å². The summed E-state index contributed by atoms with van der Waals surface area (Å²) in [6.45, 7) is 6.13. The molecule has 0 aliphatic carbocycles. The van der Waals surface area contributed by atoms with Crippen LogP contribution in [0.1, 0.15) is 110 Å². The molecule has 0 nitrogen and oxygen atoms in total. The molecule has 0 aromatic carbocycles. The summed E-state index contributed by atoms with van der Waals surface area (Å²) >= 11 is 0. The van der Waals surface area contributed by atoms with Crippen LogP contribution < -0.4 is 0 Å². The van der Waals surface area contributed by atoms with E-state index in [2.05, 4.69) is 26.0 Å². The maximum Gasteiger partial charge on any atom is -0.0351 e. The van der Waals surface area contributed by atoms with Crippen molar-refractivity contribution in [2.75, 3.05) is 0 Å². The Bertz CT molecular complexity index is 180. The minimum atomic E-state index is 1.04. The van der Waals surface area contributed by atoms with Crippen LogP contribution in [0, 0.1) is 6.92 Å². The third-order valence-electron chi connectivity index (χ3n) is 4.01. The van der Waals surface area contributed by atoms with E-state index in [1.165, 1.54) is 89.9 Å². The zero-order chi connectivity index (χ0) is 14.7. The molecule has 0 rings (SSSR count). The van der Waals surface area contributed by atoms with Gasteiger partial charge in [-0.2, -0.15) is 0 Å². The predicted molar refractivity (Wildman–Crippen MR) is 94.0 cm³/mol. The molecule has 0 aromatic rings. The maximum absolute atomic E-state index is 3.84. The van der Waals surface area contributed by atoms with Crippen molar-refractivity contribution in [1.82, 2.24) is 0 Å². The maximum atomic E-state index is 3.84. The van der Waals surface area contributed by atoms with Crippen molar-refractivity contribution in [3.63, 3.8) is 0 Å². The van der Waals surface area contributed by atoms with Gasteiger partial charge in [-0.1, -0.05) is 103 Å².